The molecule has 100 valence electrons. The molecular formula is C13H20N2O2S. The van der Waals surface area contributed by atoms with Crippen molar-refractivity contribution in [1.29, 1.82) is 0 Å². The van der Waals surface area contributed by atoms with Gasteiger partial charge < -0.3 is 5.11 Å². The Hall–Kier alpha value is -1.07. The molecule has 1 atom stereocenters. The van der Waals surface area contributed by atoms with Gasteiger partial charge in [0.15, 0.2) is 0 Å². The van der Waals surface area contributed by atoms with Crippen molar-refractivity contribution in [1.82, 2.24) is 10.3 Å². The molecule has 0 aliphatic rings. The second-order valence-corrected chi connectivity index (χ2v) is 5.82. The van der Waals surface area contributed by atoms with Crippen LogP contribution in [0.2, 0.25) is 0 Å². The molecule has 1 unspecified atom stereocenters. The quantitative estimate of drug-likeness (QED) is 0.744. The van der Waals surface area contributed by atoms with E-state index in [4.69, 9.17) is 0 Å². The van der Waals surface area contributed by atoms with E-state index in [-0.39, 0.29) is 6.04 Å². The molecule has 1 aromatic rings. The van der Waals surface area contributed by atoms with Gasteiger partial charge in [0.1, 0.15) is 5.54 Å². The number of rotatable bonds is 7. The number of aromatic nitrogens is 1. The first-order valence-electron chi connectivity index (χ1n) is 5.99. The van der Waals surface area contributed by atoms with Gasteiger partial charge in [-0.2, -0.15) is 0 Å². The molecule has 0 saturated carbocycles. The average molecular weight is 268 g/mol. The Bertz CT molecular complexity index is 384. The van der Waals surface area contributed by atoms with E-state index in [1.54, 1.807) is 24.9 Å². The highest BCUT2D eigenvalue weighted by Crippen LogP contribution is 2.20. The Kier molecular flexibility index (Phi) is 5.62. The molecule has 5 heteroatoms. The predicted molar refractivity (Wildman–Crippen MR) is 73.9 cm³/mol. The van der Waals surface area contributed by atoms with Gasteiger partial charge >= 0.3 is 5.97 Å². The maximum atomic E-state index is 11.3. The zero-order valence-corrected chi connectivity index (χ0v) is 11.8. The molecule has 0 radical (unpaired) electrons. The maximum Gasteiger partial charge on any atom is 0.323 e. The van der Waals surface area contributed by atoms with Gasteiger partial charge in [-0.25, -0.2) is 4.98 Å². The third kappa shape index (κ3) is 4.66. The van der Waals surface area contributed by atoms with Gasteiger partial charge in [0.2, 0.25) is 0 Å². The van der Waals surface area contributed by atoms with Crippen molar-refractivity contribution in [2.45, 2.75) is 43.8 Å². The Labute approximate surface area is 112 Å². The molecule has 1 rings (SSSR count). The summed E-state index contributed by atoms with van der Waals surface area (Å²) in [6.45, 7) is 5.63. The highest BCUT2D eigenvalue weighted by atomic mass is 32.2. The van der Waals surface area contributed by atoms with Crippen molar-refractivity contribution in [2.75, 3.05) is 5.75 Å². The lowest BCUT2D eigenvalue weighted by Gasteiger charge is -2.28. The van der Waals surface area contributed by atoms with Crippen LogP contribution in [0.1, 0.15) is 27.2 Å². The number of carboxylic acid groups (broad SMARTS) is 1. The summed E-state index contributed by atoms with van der Waals surface area (Å²) < 4.78 is 0. The number of hydrogen-bond donors (Lipinski definition) is 2. The SMILES string of the molecule is CC(C)NC(C)(CCSc1ccccn1)C(=O)O. The van der Waals surface area contributed by atoms with E-state index in [0.29, 0.717) is 6.42 Å². The lowest BCUT2D eigenvalue weighted by atomic mass is 9.98. The second kappa shape index (κ2) is 6.75. The van der Waals surface area contributed by atoms with Gasteiger partial charge in [0.05, 0.1) is 5.03 Å². The summed E-state index contributed by atoms with van der Waals surface area (Å²) in [6.07, 6.45) is 2.30. The molecule has 0 saturated heterocycles. The predicted octanol–water partition coefficient (Wildman–Crippen LogP) is 2.41. The van der Waals surface area contributed by atoms with Crippen molar-refractivity contribution in [3.05, 3.63) is 24.4 Å². The summed E-state index contributed by atoms with van der Waals surface area (Å²) in [6, 6.07) is 5.87. The summed E-state index contributed by atoms with van der Waals surface area (Å²) in [7, 11) is 0. The summed E-state index contributed by atoms with van der Waals surface area (Å²) in [5.41, 5.74) is -0.879. The van der Waals surface area contributed by atoms with Gasteiger partial charge in [-0.15, -0.1) is 11.8 Å². The lowest BCUT2D eigenvalue weighted by molar-refractivity contribution is -0.144. The minimum Gasteiger partial charge on any atom is -0.480 e. The maximum absolute atomic E-state index is 11.3. The number of nitrogens with one attached hydrogen (secondary N) is 1. The average Bonchev–Trinajstić information content (AvgIpc) is 2.29. The van der Waals surface area contributed by atoms with E-state index in [2.05, 4.69) is 10.3 Å². The van der Waals surface area contributed by atoms with Crippen LogP contribution in [-0.2, 0) is 4.79 Å². The van der Waals surface area contributed by atoms with Crippen LogP contribution in [0.4, 0.5) is 0 Å². The van der Waals surface area contributed by atoms with Crippen LogP contribution in [0.5, 0.6) is 0 Å². The third-order valence-corrected chi connectivity index (χ3v) is 3.51. The summed E-state index contributed by atoms with van der Waals surface area (Å²) in [4.78, 5) is 15.5. The van der Waals surface area contributed by atoms with Crippen molar-refractivity contribution < 1.29 is 9.90 Å². The fraction of sp³-hybridized carbons (Fsp3) is 0.538. The van der Waals surface area contributed by atoms with Crippen LogP contribution < -0.4 is 5.32 Å². The summed E-state index contributed by atoms with van der Waals surface area (Å²) in [5.74, 6) is -0.0858. The molecule has 2 N–H and O–H groups in total. The number of nitrogens with zero attached hydrogens (tertiary/aromatic N) is 1. The van der Waals surface area contributed by atoms with Crippen LogP contribution in [0, 0.1) is 0 Å². The van der Waals surface area contributed by atoms with Gasteiger partial charge in [0, 0.05) is 18.0 Å². The van der Waals surface area contributed by atoms with Gasteiger partial charge in [-0.1, -0.05) is 6.07 Å². The molecule has 4 nitrogen and oxygen atoms in total. The van der Waals surface area contributed by atoms with Crippen molar-refractivity contribution in [2.24, 2.45) is 0 Å². The Morgan fingerprint density at radius 3 is 2.78 bits per heavy atom. The van der Waals surface area contributed by atoms with E-state index in [0.717, 1.165) is 10.8 Å². The lowest BCUT2D eigenvalue weighted by Crippen LogP contribution is -2.52. The molecule has 0 amide bonds. The minimum absolute atomic E-state index is 0.144. The number of pyridine rings is 1. The summed E-state index contributed by atoms with van der Waals surface area (Å²) >= 11 is 1.58. The first-order valence-corrected chi connectivity index (χ1v) is 6.97. The van der Waals surface area contributed by atoms with E-state index in [1.165, 1.54) is 0 Å². The molecular weight excluding hydrogens is 248 g/mol. The number of carbonyl (C=O) groups is 1. The van der Waals surface area contributed by atoms with Crippen LogP contribution in [0.15, 0.2) is 29.4 Å². The smallest absolute Gasteiger partial charge is 0.323 e. The Morgan fingerprint density at radius 1 is 1.56 bits per heavy atom. The van der Waals surface area contributed by atoms with Gasteiger partial charge in [-0.05, 0) is 39.3 Å². The van der Waals surface area contributed by atoms with Crippen LogP contribution >= 0.6 is 11.8 Å². The zero-order chi connectivity index (χ0) is 13.6. The monoisotopic (exact) mass is 268 g/mol. The van der Waals surface area contributed by atoms with Crippen molar-refractivity contribution >= 4 is 17.7 Å². The second-order valence-electron chi connectivity index (χ2n) is 4.70. The van der Waals surface area contributed by atoms with Gasteiger partial charge in [-0.3, -0.25) is 10.1 Å². The van der Waals surface area contributed by atoms with Crippen LogP contribution in [0.25, 0.3) is 0 Å². The normalized spacial score (nSPS) is 14.4. The van der Waals surface area contributed by atoms with E-state index in [9.17, 15) is 9.90 Å². The first-order chi connectivity index (χ1) is 8.44. The molecule has 0 spiro atoms. The molecule has 0 aromatic carbocycles. The van der Waals surface area contributed by atoms with Crippen molar-refractivity contribution in [3.8, 4) is 0 Å². The van der Waals surface area contributed by atoms with Crippen LogP contribution in [-0.4, -0.2) is 33.4 Å². The fourth-order valence-corrected chi connectivity index (χ4v) is 2.70. The molecule has 18 heavy (non-hydrogen) atoms. The van der Waals surface area contributed by atoms with Crippen LogP contribution in [0.3, 0.4) is 0 Å². The molecule has 0 fully saturated rings. The number of aliphatic carboxylic acids is 1. The Morgan fingerprint density at radius 2 is 2.28 bits per heavy atom. The minimum atomic E-state index is -0.879. The van der Waals surface area contributed by atoms with E-state index < -0.39 is 11.5 Å². The number of hydrogen-bond acceptors (Lipinski definition) is 4. The first kappa shape index (κ1) is 15.0. The fourth-order valence-electron chi connectivity index (χ4n) is 1.67. The topological polar surface area (TPSA) is 62.2 Å². The molecule has 0 aliphatic heterocycles. The standard InChI is InChI=1S/C13H20N2O2S/c1-10(2)15-13(3,12(16)17)7-9-18-11-6-4-5-8-14-11/h4-6,8,10,15H,7,9H2,1-3H3,(H,16,17). The summed E-state index contributed by atoms with van der Waals surface area (Å²) in [5, 5.41) is 13.3. The highest BCUT2D eigenvalue weighted by Gasteiger charge is 2.32. The van der Waals surface area contributed by atoms with Gasteiger partial charge in [0.25, 0.3) is 0 Å². The zero-order valence-electron chi connectivity index (χ0n) is 11.0. The molecule has 1 heterocycles. The number of carboxylic acids is 1. The largest absolute Gasteiger partial charge is 0.480 e. The Balaban J connectivity index is 2.50. The molecule has 0 aliphatic carbocycles. The van der Waals surface area contributed by atoms with E-state index in [1.807, 2.05) is 32.0 Å². The highest BCUT2D eigenvalue weighted by molar-refractivity contribution is 7.99. The molecule has 1 aromatic heterocycles. The molecule has 0 bridgehead atoms. The van der Waals surface area contributed by atoms with Crippen molar-refractivity contribution in [3.63, 3.8) is 0 Å². The third-order valence-electron chi connectivity index (χ3n) is 2.57. The van der Waals surface area contributed by atoms with E-state index >= 15 is 0 Å². The number of thioether (sulfide) groups is 1.